The van der Waals surface area contributed by atoms with E-state index in [9.17, 15) is 9.59 Å². The van der Waals surface area contributed by atoms with Gasteiger partial charge in [-0.15, -0.1) is 5.10 Å². The van der Waals surface area contributed by atoms with Crippen molar-refractivity contribution < 1.29 is 9.59 Å². The molecule has 2 rings (SSSR count). The average Bonchev–Trinajstić information content (AvgIpc) is 2.96. The van der Waals surface area contributed by atoms with Crippen molar-refractivity contribution in [1.82, 2.24) is 25.0 Å². The number of amides is 2. The number of aromatic amines is 1. The first-order chi connectivity index (χ1) is 9.90. The molecule has 1 aliphatic rings. The van der Waals surface area contributed by atoms with E-state index in [1.807, 2.05) is 32.6 Å². The van der Waals surface area contributed by atoms with Crippen molar-refractivity contribution in [3.8, 4) is 0 Å². The largest absolute Gasteiger partial charge is 0.339 e. The first-order valence-corrected chi connectivity index (χ1v) is 7.40. The number of piperazine rings is 1. The first kappa shape index (κ1) is 15.5. The second-order valence-corrected chi connectivity index (χ2v) is 5.97. The van der Waals surface area contributed by atoms with Crippen molar-refractivity contribution in [3.63, 3.8) is 0 Å². The third-order valence-corrected chi connectivity index (χ3v) is 3.61. The fourth-order valence-corrected chi connectivity index (χ4v) is 2.26. The summed E-state index contributed by atoms with van der Waals surface area (Å²) in [7, 11) is 0. The average molecular weight is 293 g/mol. The van der Waals surface area contributed by atoms with E-state index in [4.69, 9.17) is 0 Å². The first-order valence-electron chi connectivity index (χ1n) is 7.40. The third-order valence-electron chi connectivity index (χ3n) is 3.61. The predicted molar refractivity (Wildman–Crippen MR) is 77.8 cm³/mol. The second-order valence-electron chi connectivity index (χ2n) is 5.97. The Morgan fingerprint density at radius 1 is 1.05 bits per heavy atom. The van der Waals surface area contributed by atoms with E-state index in [1.165, 1.54) is 0 Å². The summed E-state index contributed by atoms with van der Waals surface area (Å²) in [4.78, 5) is 32.0. The molecular weight excluding hydrogens is 270 g/mol. The zero-order valence-electron chi connectivity index (χ0n) is 13.1. The molecule has 0 bridgehead atoms. The van der Waals surface area contributed by atoms with Crippen LogP contribution in [0.5, 0.6) is 0 Å². The summed E-state index contributed by atoms with van der Waals surface area (Å²) in [6.45, 7) is 9.97. The van der Waals surface area contributed by atoms with Crippen LogP contribution >= 0.6 is 0 Å². The van der Waals surface area contributed by atoms with Crippen LogP contribution in [-0.2, 0) is 4.79 Å². The lowest BCUT2D eigenvalue weighted by atomic mass is 10.1. The lowest BCUT2D eigenvalue weighted by molar-refractivity contribution is -0.135. The molecule has 0 saturated carbocycles. The molecule has 0 radical (unpaired) electrons. The summed E-state index contributed by atoms with van der Waals surface area (Å²) in [6, 6.07) is 0. The van der Waals surface area contributed by atoms with Crippen LogP contribution in [0.3, 0.4) is 0 Å². The highest BCUT2D eigenvalue weighted by Crippen LogP contribution is 2.11. The SMILES string of the molecule is CC(C)C(=O)N1CCN(C(=O)c2n[nH]c(C(C)C)n2)CC1. The topological polar surface area (TPSA) is 82.2 Å². The van der Waals surface area contributed by atoms with Crippen LogP contribution < -0.4 is 0 Å². The third kappa shape index (κ3) is 3.40. The molecule has 0 atom stereocenters. The molecular formula is C14H23N5O2. The Morgan fingerprint density at radius 3 is 2.10 bits per heavy atom. The number of nitrogens with zero attached hydrogens (tertiary/aromatic N) is 4. The van der Waals surface area contributed by atoms with Gasteiger partial charge in [0.2, 0.25) is 11.7 Å². The van der Waals surface area contributed by atoms with E-state index in [0.29, 0.717) is 32.0 Å². The maximum Gasteiger partial charge on any atom is 0.293 e. The smallest absolute Gasteiger partial charge is 0.293 e. The molecule has 1 saturated heterocycles. The number of carbonyl (C=O) groups is 2. The van der Waals surface area contributed by atoms with E-state index < -0.39 is 0 Å². The van der Waals surface area contributed by atoms with Crippen LogP contribution in [-0.4, -0.2) is 63.0 Å². The van der Waals surface area contributed by atoms with Gasteiger partial charge in [0, 0.05) is 38.0 Å². The van der Waals surface area contributed by atoms with Gasteiger partial charge in [0.15, 0.2) is 0 Å². The highest BCUT2D eigenvalue weighted by molar-refractivity contribution is 5.90. The minimum absolute atomic E-state index is 0.00569. The molecule has 0 aromatic carbocycles. The van der Waals surface area contributed by atoms with Crippen molar-refractivity contribution in [2.45, 2.75) is 33.6 Å². The Morgan fingerprint density at radius 2 is 1.62 bits per heavy atom. The van der Waals surface area contributed by atoms with Gasteiger partial charge < -0.3 is 9.80 Å². The van der Waals surface area contributed by atoms with Crippen molar-refractivity contribution in [1.29, 1.82) is 0 Å². The fourth-order valence-electron chi connectivity index (χ4n) is 2.26. The lowest BCUT2D eigenvalue weighted by Crippen LogP contribution is -2.51. The van der Waals surface area contributed by atoms with Gasteiger partial charge in [0.05, 0.1) is 0 Å². The molecule has 1 N–H and O–H groups in total. The number of carbonyl (C=O) groups excluding carboxylic acids is 2. The Kier molecular flexibility index (Phi) is 4.59. The summed E-state index contributed by atoms with van der Waals surface area (Å²) in [5.74, 6) is 1.10. The summed E-state index contributed by atoms with van der Waals surface area (Å²) in [5, 5.41) is 6.78. The van der Waals surface area contributed by atoms with Gasteiger partial charge in [0.1, 0.15) is 5.82 Å². The Labute approximate surface area is 124 Å². The number of hydrogen-bond acceptors (Lipinski definition) is 4. The van der Waals surface area contributed by atoms with Gasteiger partial charge in [-0.2, -0.15) is 0 Å². The van der Waals surface area contributed by atoms with Gasteiger partial charge in [-0.3, -0.25) is 14.7 Å². The molecule has 0 unspecified atom stereocenters. The monoisotopic (exact) mass is 293 g/mol. The quantitative estimate of drug-likeness (QED) is 0.896. The number of H-pyrrole nitrogens is 1. The van der Waals surface area contributed by atoms with Crippen molar-refractivity contribution >= 4 is 11.8 Å². The number of aromatic nitrogens is 3. The van der Waals surface area contributed by atoms with E-state index in [0.717, 1.165) is 0 Å². The van der Waals surface area contributed by atoms with Gasteiger partial charge in [0.25, 0.3) is 5.91 Å². The van der Waals surface area contributed by atoms with Crippen molar-refractivity contribution in [2.75, 3.05) is 26.2 Å². The number of hydrogen-bond donors (Lipinski definition) is 1. The zero-order chi connectivity index (χ0) is 15.6. The van der Waals surface area contributed by atoms with Gasteiger partial charge in [-0.05, 0) is 0 Å². The Hall–Kier alpha value is -1.92. The van der Waals surface area contributed by atoms with Crippen molar-refractivity contribution in [3.05, 3.63) is 11.6 Å². The molecule has 1 aliphatic heterocycles. The number of rotatable bonds is 3. The summed E-state index contributed by atoms with van der Waals surface area (Å²) in [6.07, 6.45) is 0. The molecule has 116 valence electrons. The molecule has 1 aromatic rings. The van der Waals surface area contributed by atoms with Crippen LogP contribution in [0, 0.1) is 5.92 Å². The maximum atomic E-state index is 12.3. The highest BCUT2D eigenvalue weighted by atomic mass is 16.2. The Bertz CT molecular complexity index is 515. The van der Waals surface area contributed by atoms with Crippen LogP contribution in [0.2, 0.25) is 0 Å². The molecule has 0 spiro atoms. The molecule has 2 amide bonds. The van der Waals surface area contributed by atoms with Gasteiger partial charge >= 0.3 is 0 Å². The predicted octanol–water partition coefficient (Wildman–Crippen LogP) is 0.868. The molecule has 21 heavy (non-hydrogen) atoms. The molecule has 7 nitrogen and oxygen atoms in total. The van der Waals surface area contributed by atoms with Crippen molar-refractivity contribution in [2.24, 2.45) is 5.92 Å². The summed E-state index contributed by atoms with van der Waals surface area (Å²) >= 11 is 0. The minimum atomic E-state index is -0.171. The Balaban J connectivity index is 1.95. The lowest BCUT2D eigenvalue weighted by Gasteiger charge is -2.35. The number of nitrogens with one attached hydrogen (secondary N) is 1. The fraction of sp³-hybridized carbons (Fsp3) is 0.714. The summed E-state index contributed by atoms with van der Waals surface area (Å²) in [5.41, 5.74) is 0. The van der Waals surface area contributed by atoms with Crippen LogP contribution in [0.25, 0.3) is 0 Å². The van der Waals surface area contributed by atoms with Crippen LogP contribution in [0.1, 0.15) is 50.1 Å². The van der Waals surface area contributed by atoms with E-state index in [2.05, 4.69) is 15.2 Å². The molecule has 7 heteroatoms. The maximum absolute atomic E-state index is 12.3. The van der Waals surface area contributed by atoms with Gasteiger partial charge in [-0.25, -0.2) is 4.98 Å². The minimum Gasteiger partial charge on any atom is -0.339 e. The van der Waals surface area contributed by atoms with E-state index >= 15 is 0 Å². The normalized spacial score (nSPS) is 15.9. The van der Waals surface area contributed by atoms with E-state index in [-0.39, 0.29) is 29.5 Å². The van der Waals surface area contributed by atoms with Crippen LogP contribution in [0.4, 0.5) is 0 Å². The van der Waals surface area contributed by atoms with Crippen LogP contribution in [0.15, 0.2) is 0 Å². The van der Waals surface area contributed by atoms with Gasteiger partial charge in [-0.1, -0.05) is 27.7 Å². The summed E-state index contributed by atoms with van der Waals surface area (Å²) < 4.78 is 0. The standard InChI is InChI=1S/C14H23N5O2/c1-9(2)11-15-12(17-16-11)14(21)19-7-5-18(6-8-19)13(20)10(3)4/h9-10H,5-8H2,1-4H3,(H,15,16,17). The molecule has 1 aromatic heterocycles. The van der Waals surface area contributed by atoms with E-state index in [1.54, 1.807) is 4.90 Å². The second kappa shape index (κ2) is 6.24. The highest BCUT2D eigenvalue weighted by Gasteiger charge is 2.27. The molecule has 2 heterocycles. The molecule has 0 aliphatic carbocycles. The molecule has 1 fully saturated rings. The zero-order valence-corrected chi connectivity index (χ0v) is 13.1.